The molecule has 1 N–H and O–H groups in total. The maximum atomic E-state index is 13.2. The minimum atomic E-state index is -3.47. The molecule has 5 nitrogen and oxygen atoms in total. The SMILES string of the molecule is C/C=C/c1ccc([C@H]2[C@H]3CN(S(=O)(=O)c4cccs4)CCCCN3[C@H]2CO)cc1. The number of hydrogen-bond acceptors (Lipinski definition) is 5. The van der Waals surface area contributed by atoms with E-state index in [0.29, 0.717) is 17.3 Å². The van der Waals surface area contributed by atoms with Gasteiger partial charge in [0.05, 0.1) is 6.61 Å². The van der Waals surface area contributed by atoms with Gasteiger partial charge in [-0.05, 0) is 48.9 Å². The normalized spacial score (nSPS) is 26.6. The summed E-state index contributed by atoms with van der Waals surface area (Å²) in [6.07, 6.45) is 5.86. The number of rotatable bonds is 5. The molecule has 29 heavy (non-hydrogen) atoms. The molecule has 1 aromatic carbocycles. The minimum absolute atomic E-state index is 0.0527. The van der Waals surface area contributed by atoms with Crippen molar-refractivity contribution < 1.29 is 13.5 Å². The summed E-state index contributed by atoms with van der Waals surface area (Å²) in [6, 6.07) is 12.0. The van der Waals surface area contributed by atoms with Crippen LogP contribution in [0.5, 0.6) is 0 Å². The topological polar surface area (TPSA) is 60.9 Å². The van der Waals surface area contributed by atoms with Gasteiger partial charge in [0.25, 0.3) is 10.0 Å². The van der Waals surface area contributed by atoms with E-state index in [1.54, 1.807) is 16.4 Å². The van der Waals surface area contributed by atoms with E-state index in [0.717, 1.165) is 24.9 Å². The smallest absolute Gasteiger partial charge is 0.252 e. The standard InChI is InChI=1S/C22H28N2O3S2/c1-2-6-17-8-10-18(11-9-17)22-19-15-23(29(26,27)21-7-5-14-28-21)12-3-4-13-24(19)20(22)16-25/h2,5-11,14,19-20,22,25H,3-4,12-13,15-16H2,1H3/b6-2+/t19-,20+,22+/m1/s1. The van der Waals surface area contributed by atoms with Crippen molar-refractivity contribution in [3.05, 3.63) is 59.0 Å². The molecule has 156 valence electrons. The van der Waals surface area contributed by atoms with Crippen molar-refractivity contribution in [1.82, 2.24) is 9.21 Å². The monoisotopic (exact) mass is 432 g/mol. The molecular weight excluding hydrogens is 404 g/mol. The Morgan fingerprint density at radius 2 is 1.93 bits per heavy atom. The van der Waals surface area contributed by atoms with Gasteiger partial charge in [-0.25, -0.2) is 8.42 Å². The maximum Gasteiger partial charge on any atom is 0.252 e. The molecule has 2 aliphatic rings. The lowest BCUT2D eigenvalue weighted by Gasteiger charge is -2.57. The van der Waals surface area contributed by atoms with Crippen molar-refractivity contribution in [2.24, 2.45) is 0 Å². The average molecular weight is 433 g/mol. The van der Waals surface area contributed by atoms with E-state index in [1.807, 2.05) is 18.4 Å². The van der Waals surface area contributed by atoms with Crippen molar-refractivity contribution in [3.8, 4) is 0 Å². The molecule has 0 radical (unpaired) electrons. The lowest BCUT2D eigenvalue weighted by molar-refractivity contribution is -0.0553. The van der Waals surface area contributed by atoms with Gasteiger partial charge < -0.3 is 5.11 Å². The fourth-order valence-electron chi connectivity index (χ4n) is 4.69. The number of allylic oxidation sites excluding steroid dienone is 1. The quantitative estimate of drug-likeness (QED) is 0.787. The molecule has 2 fully saturated rings. The van der Waals surface area contributed by atoms with Crippen LogP contribution in [0.3, 0.4) is 0 Å². The third-order valence-corrected chi connectivity index (χ3v) is 9.34. The molecule has 4 rings (SSSR count). The molecule has 2 aliphatic heterocycles. The number of fused-ring (bicyclic) bond motifs is 1. The van der Waals surface area contributed by atoms with Crippen molar-refractivity contribution in [2.75, 3.05) is 26.2 Å². The van der Waals surface area contributed by atoms with Crippen LogP contribution in [-0.4, -0.2) is 61.1 Å². The number of aliphatic hydroxyl groups excluding tert-OH is 1. The number of nitrogens with zero attached hydrogens (tertiary/aromatic N) is 2. The summed E-state index contributed by atoms with van der Waals surface area (Å²) in [6.45, 7) is 4.03. The molecule has 7 heteroatoms. The van der Waals surface area contributed by atoms with Gasteiger partial charge in [0, 0.05) is 31.1 Å². The summed E-state index contributed by atoms with van der Waals surface area (Å²) in [4.78, 5) is 2.31. The third-order valence-electron chi connectivity index (χ3n) is 6.10. The number of aliphatic hydroxyl groups is 1. The van der Waals surface area contributed by atoms with Gasteiger partial charge in [-0.1, -0.05) is 42.5 Å². The Morgan fingerprint density at radius 1 is 1.17 bits per heavy atom. The van der Waals surface area contributed by atoms with Crippen LogP contribution in [0, 0.1) is 0 Å². The molecule has 3 heterocycles. The molecular formula is C22H28N2O3S2. The number of benzene rings is 1. The van der Waals surface area contributed by atoms with Crippen LogP contribution in [0.25, 0.3) is 6.08 Å². The summed E-state index contributed by atoms with van der Waals surface area (Å²) < 4.78 is 28.4. The van der Waals surface area contributed by atoms with Gasteiger partial charge in [0.15, 0.2) is 0 Å². The number of thiophene rings is 1. The van der Waals surface area contributed by atoms with Gasteiger partial charge in [-0.2, -0.15) is 4.31 Å². The predicted octanol–water partition coefficient (Wildman–Crippen LogP) is 3.39. The van der Waals surface area contributed by atoms with E-state index >= 15 is 0 Å². The molecule has 0 saturated carbocycles. The second kappa shape index (κ2) is 8.70. The largest absolute Gasteiger partial charge is 0.395 e. The highest BCUT2D eigenvalue weighted by Gasteiger charge is 2.50. The zero-order chi connectivity index (χ0) is 20.4. The van der Waals surface area contributed by atoms with Gasteiger partial charge in [-0.3, -0.25) is 4.90 Å². The first-order chi connectivity index (χ1) is 14.1. The fraction of sp³-hybridized carbons (Fsp3) is 0.455. The number of sulfonamides is 1. The lowest BCUT2D eigenvalue weighted by Crippen LogP contribution is -2.67. The second-order valence-electron chi connectivity index (χ2n) is 7.75. The second-order valence-corrected chi connectivity index (χ2v) is 10.9. The molecule has 3 atom stereocenters. The van der Waals surface area contributed by atoms with E-state index in [-0.39, 0.29) is 24.6 Å². The van der Waals surface area contributed by atoms with Crippen LogP contribution in [0.15, 0.2) is 52.1 Å². The highest BCUT2D eigenvalue weighted by Crippen LogP contribution is 2.42. The van der Waals surface area contributed by atoms with Crippen LogP contribution in [-0.2, 0) is 10.0 Å². The van der Waals surface area contributed by atoms with E-state index in [2.05, 4.69) is 35.2 Å². The number of hydrogen-bond donors (Lipinski definition) is 1. The Bertz CT molecular complexity index is 939. The minimum Gasteiger partial charge on any atom is -0.395 e. The van der Waals surface area contributed by atoms with E-state index in [4.69, 9.17) is 0 Å². The molecule has 1 aromatic heterocycles. The lowest BCUT2D eigenvalue weighted by atomic mass is 9.74. The molecule has 2 saturated heterocycles. The molecule has 0 aliphatic carbocycles. The summed E-state index contributed by atoms with van der Waals surface area (Å²) >= 11 is 1.27. The fourth-order valence-corrected chi connectivity index (χ4v) is 7.33. The first-order valence-electron chi connectivity index (χ1n) is 10.2. The predicted molar refractivity (Wildman–Crippen MR) is 118 cm³/mol. The Morgan fingerprint density at radius 3 is 2.59 bits per heavy atom. The Kier molecular flexibility index (Phi) is 6.22. The van der Waals surface area contributed by atoms with Crippen molar-refractivity contribution in [3.63, 3.8) is 0 Å². The summed E-state index contributed by atoms with van der Waals surface area (Å²) in [5, 5.41) is 11.9. The first-order valence-corrected chi connectivity index (χ1v) is 12.5. The van der Waals surface area contributed by atoms with Crippen LogP contribution in [0.4, 0.5) is 0 Å². The van der Waals surface area contributed by atoms with Crippen LogP contribution >= 0.6 is 11.3 Å². The van der Waals surface area contributed by atoms with Gasteiger partial charge in [0.1, 0.15) is 4.21 Å². The summed E-state index contributed by atoms with van der Waals surface area (Å²) in [5.41, 5.74) is 2.32. The Labute approximate surface area is 177 Å². The van der Waals surface area contributed by atoms with Crippen molar-refractivity contribution in [2.45, 2.75) is 42.0 Å². The van der Waals surface area contributed by atoms with E-state index in [1.165, 1.54) is 16.9 Å². The molecule has 2 aromatic rings. The first kappa shape index (κ1) is 20.8. The van der Waals surface area contributed by atoms with Crippen molar-refractivity contribution in [1.29, 1.82) is 0 Å². The maximum absolute atomic E-state index is 13.2. The third kappa shape index (κ3) is 3.94. The molecule has 0 amide bonds. The average Bonchev–Trinajstić information content (AvgIpc) is 3.24. The summed E-state index contributed by atoms with van der Waals surface area (Å²) in [5.74, 6) is 0.138. The Balaban J connectivity index is 1.62. The van der Waals surface area contributed by atoms with Gasteiger partial charge in [0.2, 0.25) is 0 Å². The summed E-state index contributed by atoms with van der Waals surface area (Å²) in [7, 11) is -3.47. The van der Waals surface area contributed by atoms with E-state index < -0.39 is 10.0 Å². The molecule has 0 spiro atoms. The zero-order valence-electron chi connectivity index (χ0n) is 16.6. The van der Waals surface area contributed by atoms with Crippen molar-refractivity contribution >= 4 is 27.4 Å². The Hall–Kier alpha value is -1.51. The van der Waals surface area contributed by atoms with Crippen LogP contribution < -0.4 is 0 Å². The highest BCUT2D eigenvalue weighted by molar-refractivity contribution is 7.91. The highest BCUT2D eigenvalue weighted by atomic mass is 32.2. The van der Waals surface area contributed by atoms with Gasteiger partial charge >= 0.3 is 0 Å². The molecule has 0 unspecified atom stereocenters. The molecule has 0 bridgehead atoms. The van der Waals surface area contributed by atoms with Crippen LogP contribution in [0.2, 0.25) is 0 Å². The zero-order valence-corrected chi connectivity index (χ0v) is 18.3. The van der Waals surface area contributed by atoms with E-state index in [9.17, 15) is 13.5 Å². The van der Waals surface area contributed by atoms with Gasteiger partial charge in [-0.15, -0.1) is 11.3 Å². The van der Waals surface area contributed by atoms with Crippen LogP contribution in [0.1, 0.15) is 36.8 Å².